The lowest BCUT2D eigenvalue weighted by molar-refractivity contribution is 0.0937. The Bertz CT molecular complexity index is 862. The molecule has 1 aromatic carbocycles. The number of alkyl carbamates (subject to hydrolysis) is 1. The molecule has 2 N–H and O–H groups in total. The number of hydrogen-bond donors (Lipinski definition) is 2. The number of anilines is 1. The van der Waals surface area contributed by atoms with Crippen LogP contribution < -0.4 is 10.6 Å². The molecule has 0 fully saturated rings. The number of carbonyl (C=O) groups is 3. The van der Waals surface area contributed by atoms with E-state index < -0.39 is 23.7 Å². The number of thiophene rings is 1. The van der Waals surface area contributed by atoms with E-state index in [1.165, 1.54) is 29.5 Å². The predicted octanol–water partition coefficient (Wildman–Crippen LogP) is 3.12. The lowest BCUT2D eigenvalue weighted by atomic mass is 10.1. The van der Waals surface area contributed by atoms with E-state index in [9.17, 15) is 18.8 Å². The number of imide groups is 1. The SMILES string of the molecule is COC(=O)NC(=O)c1c(NC(=O)c2cccc(F)c2)sc2c1CCC2. The van der Waals surface area contributed by atoms with Crippen LogP contribution in [0.4, 0.5) is 14.2 Å². The number of carbonyl (C=O) groups excluding carboxylic acids is 3. The zero-order chi connectivity index (χ0) is 18.0. The van der Waals surface area contributed by atoms with Gasteiger partial charge in [-0.3, -0.25) is 14.9 Å². The summed E-state index contributed by atoms with van der Waals surface area (Å²) in [7, 11) is 1.16. The van der Waals surface area contributed by atoms with E-state index in [2.05, 4.69) is 15.4 Å². The summed E-state index contributed by atoms with van der Waals surface area (Å²) in [6, 6.07) is 5.27. The van der Waals surface area contributed by atoms with Gasteiger partial charge >= 0.3 is 6.09 Å². The summed E-state index contributed by atoms with van der Waals surface area (Å²) in [6.07, 6.45) is 1.56. The molecule has 0 bridgehead atoms. The Kier molecular flexibility index (Phi) is 4.80. The minimum atomic E-state index is -0.870. The number of nitrogens with one attached hydrogen (secondary N) is 2. The highest BCUT2D eigenvalue weighted by Gasteiger charge is 2.28. The first-order chi connectivity index (χ1) is 12.0. The Hall–Kier alpha value is -2.74. The highest BCUT2D eigenvalue weighted by Crippen LogP contribution is 2.39. The number of aryl methyl sites for hydroxylation is 1. The maximum absolute atomic E-state index is 13.3. The van der Waals surface area contributed by atoms with Gasteiger partial charge in [0.1, 0.15) is 10.8 Å². The molecule has 0 spiro atoms. The predicted molar refractivity (Wildman–Crippen MR) is 90.6 cm³/mol. The number of ether oxygens (including phenoxy) is 1. The molecule has 1 heterocycles. The molecule has 8 heteroatoms. The summed E-state index contributed by atoms with van der Waals surface area (Å²) in [5.74, 6) is -1.67. The van der Waals surface area contributed by atoms with Crippen molar-refractivity contribution in [1.29, 1.82) is 0 Å². The van der Waals surface area contributed by atoms with Crippen LogP contribution in [0.25, 0.3) is 0 Å². The molecule has 0 aliphatic heterocycles. The number of fused-ring (bicyclic) bond motifs is 1. The largest absolute Gasteiger partial charge is 0.453 e. The standard InChI is InChI=1S/C17H15FN2O4S/c1-24-17(23)20-15(22)13-11-6-3-7-12(11)25-16(13)19-14(21)9-4-2-5-10(18)8-9/h2,4-5,8H,3,6-7H2,1H3,(H,19,21)(H,20,22,23). The Morgan fingerprint density at radius 3 is 2.72 bits per heavy atom. The molecular weight excluding hydrogens is 347 g/mol. The molecule has 0 saturated heterocycles. The third-order valence-corrected chi connectivity index (χ3v) is 5.07. The summed E-state index contributed by atoms with van der Waals surface area (Å²) >= 11 is 1.30. The lowest BCUT2D eigenvalue weighted by Crippen LogP contribution is -2.31. The monoisotopic (exact) mass is 362 g/mol. The molecule has 0 saturated carbocycles. The van der Waals surface area contributed by atoms with Crippen LogP contribution in [0.1, 0.15) is 37.6 Å². The Morgan fingerprint density at radius 2 is 2.00 bits per heavy atom. The van der Waals surface area contributed by atoms with Gasteiger partial charge < -0.3 is 10.1 Å². The summed E-state index contributed by atoms with van der Waals surface area (Å²) in [6.45, 7) is 0. The minimum absolute atomic E-state index is 0.146. The van der Waals surface area contributed by atoms with Crippen molar-refractivity contribution in [1.82, 2.24) is 5.32 Å². The van der Waals surface area contributed by atoms with Crippen molar-refractivity contribution in [2.45, 2.75) is 19.3 Å². The van der Waals surface area contributed by atoms with E-state index in [-0.39, 0.29) is 11.1 Å². The zero-order valence-corrected chi connectivity index (χ0v) is 14.2. The van der Waals surface area contributed by atoms with Gasteiger partial charge in [-0.25, -0.2) is 9.18 Å². The summed E-state index contributed by atoms with van der Waals surface area (Å²) in [5, 5.41) is 5.12. The van der Waals surface area contributed by atoms with Crippen LogP contribution in [0.5, 0.6) is 0 Å². The maximum atomic E-state index is 13.3. The van der Waals surface area contributed by atoms with Crippen molar-refractivity contribution in [2.24, 2.45) is 0 Å². The summed E-state index contributed by atoms with van der Waals surface area (Å²) in [4.78, 5) is 37.1. The fourth-order valence-electron chi connectivity index (χ4n) is 2.74. The van der Waals surface area contributed by atoms with Crippen LogP contribution in [0, 0.1) is 5.82 Å². The maximum Gasteiger partial charge on any atom is 0.413 e. The number of rotatable bonds is 3. The van der Waals surface area contributed by atoms with Crippen LogP contribution in [-0.4, -0.2) is 25.0 Å². The van der Waals surface area contributed by atoms with Gasteiger partial charge in [0, 0.05) is 10.4 Å². The van der Waals surface area contributed by atoms with Crippen molar-refractivity contribution < 1.29 is 23.5 Å². The van der Waals surface area contributed by atoms with Crippen molar-refractivity contribution in [3.8, 4) is 0 Å². The van der Waals surface area contributed by atoms with Gasteiger partial charge in [-0.05, 0) is 43.0 Å². The molecule has 25 heavy (non-hydrogen) atoms. The minimum Gasteiger partial charge on any atom is -0.453 e. The van der Waals surface area contributed by atoms with Crippen LogP contribution in [0.2, 0.25) is 0 Å². The molecular formula is C17H15FN2O4S. The molecule has 1 aliphatic carbocycles. The Morgan fingerprint density at radius 1 is 1.20 bits per heavy atom. The normalized spacial score (nSPS) is 12.4. The number of benzene rings is 1. The summed E-state index contributed by atoms with van der Waals surface area (Å²) < 4.78 is 17.7. The second kappa shape index (κ2) is 7.02. The topological polar surface area (TPSA) is 84.5 Å². The number of halogens is 1. The van der Waals surface area contributed by atoms with Crippen molar-refractivity contribution in [3.63, 3.8) is 0 Å². The van der Waals surface area contributed by atoms with E-state index in [0.717, 1.165) is 36.5 Å². The number of amides is 3. The van der Waals surface area contributed by atoms with Crippen LogP contribution in [0.3, 0.4) is 0 Å². The van der Waals surface area contributed by atoms with E-state index >= 15 is 0 Å². The van der Waals surface area contributed by atoms with Gasteiger partial charge in [-0.1, -0.05) is 6.07 Å². The molecule has 0 radical (unpaired) electrons. The first kappa shape index (κ1) is 17.1. The molecule has 0 atom stereocenters. The van der Waals surface area contributed by atoms with Gasteiger partial charge in [0.2, 0.25) is 0 Å². The molecule has 3 amide bonds. The highest BCUT2D eigenvalue weighted by atomic mass is 32.1. The fraction of sp³-hybridized carbons (Fsp3) is 0.235. The van der Waals surface area contributed by atoms with Crippen LogP contribution in [-0.2, 0) is 17.6 Å². The number of hydrogen-bond acceptors (Lipinski definition) is 5. The first-order valence-electron chi connectivity index (χ1n) is 7.60. The van der Waals surface area contributed by atoms with Crippen molar-refractivity contribution in [3.05, 3.63) is 51.7 Å². The van der Waals surface area contributed by atoms with Gasteiger partial charge in [0.25, 0.3) is 11.8 Å². The molecule has 1 aromatic heterocycles. The second-order valence-corrected chi connectivity index (χ2v) is 6.58. The molecule has 2 aromatic rings. The summed E-state index contributed by atoms with van der Waals surface area (Å²) in [5.41, 5.74) is 1.25. The van der Waals surface area contributed by atoms with Crippen molar-refractivity contribution in [2.75, 3.05) is 12.4 Å². The first-order valence-corrected chi connectivity index (χ1v) is 8.42. The number of methoxy groups -OCH3 is 1. The molecule has 6 nitrogen and oxygen atoms in total. The van der Waals surface area contributed by atoms with Gasteiger partial charge in [0.15, 0.2) is 0 Å². The van der Waals surface area contributed by atoms with E-state index in [1.807, 2.05) is 0 Å². The van der Waals surface area contributed by atoms with Crippen molar-refractivity contribution >= 4 is 34.2 Å². The fourth-order valence-corrected chi connectivity index (χ4v) is 4.03. The van der Waals surface area contributed by atoms with Crippen LogP contribution in [0.15, 0.2) is 24.3 Å². The van der Waals surface area contributed by atoms with E-state index in [0.29, 0.717) is 11.4 Å². The second-order valence-electron chi connectivity index (χ2n) is 5.47. The van der Waals surface area contributed by atoms with E-state index in [1.54, 1.807) is 0 Å². The highest BCUT2D eigenvalue weighted by molar-refractivity contribution is 7.17. The third kappa shape index (κ3) is 3.53. The lowest BCUT2D eigenvalue weighted by Gasteiger charge is -2.08. The van der Waals surface area contributed by atoms with E-state index in [4.69, 9.17) is 0 Å². The Balaban J connectivity index is 1.90. The zero-order valence-electron chi connectivity index (χ0n) is 13.3. The molecule has 130 valence electrons. The molecule has 1 aliphatic rings. The molecule has 3 rings (SSSR count). The average molecular weight is 362 g/mol. The quantitative estimate of drug-likeness (QED) is 0.879. The molecule has 0 unspecified atom stereocenters. The van der Waals surface area contributed by atoms with Crippen LogP contribution >= 0.6 is 11.3 Å². The van der Waals surface area contributed by atoms with Gasteiger partial charge in [-0.2, -0.15) is 0 Å². The Labute approximate surface area is 147 Å². The average Bonchev–Trinajstić information content (AvgIpc) is 3.14. The van der Waals surface area contributed by atoms with Gasteiger partial charge in [0.05, 0.1) is 12.7 Å². The third-order valence-electron chi connectivity index (χ3n) is 3.86. The van der Waals surface area contributed by atoms with Gasteiger partial charge in [-0.15, -0.1) is 11.3 Å². The smallest absolute Gasteiger partial charge is 0.413 e.